The first-order valence-electron chi connectivity index (χ1n) is 8.75. The van der Waals surface area contributed by atoms with Crippen LogP contribution >= 0.6 is 23.1 Å². The average molecular weight is 429 g/mol. The fraction of sp³-hybridized carbons (Fsp3) is 0.471. The number of ketones is 1. The van der Waals surface area contributed by atoms with Crippen molar-refractivity contribution in [2.24, 2.45) is 0 Å². The van der Waals surface area contributed by atoms with E-state index in [0.717, 1.165) is 16.5 Å². The number of Topliss-reactive ketones (excluding diaryl/α,β-unsaturated/α-hetero) is 1. The topological polar surface area (TPSA) is 92.3 Å². The second-order valence-corrected chi connectivity index (χ2v) is 9.87. The Labute approximate surface area is 168 Å². The van der Waals surface area contributed by atoms with Crippen LogP contribution in [-0.2, 0) is 10.0 Å². The number of sulfonamides is 1. The Bertz CT molecular complexity index is 847. The van der Waals surface area contributed by atoms with E-state index in [4.69, 9.17) is 0 Å². The molecule has 27 heavy (non-hydrogen) atoms. The number of thioether (sulfide) groups is 1. The number of benzene rings is 1. The van der Waals surface area contributed by atoms with Gasteiger partial charge in [-0.3, -0.25) is 4.79 Å². The zero-order valence-corrected chi connectivity index (χ0v) is 18.1. The SMILES string of the molecule is CCCSc1nnc(NCC(=O)c2ccc(S(=O)(=O)N(CC)CC)cc2)s1. The van der Waals surface area contributed by atoms with Crippen molar-refractivity contribution in [2.45, 2.75) is 36.4 Å². The zero-order valence-electron chi connectivity index (χ0n) is 15.6. The van der Waals surface area contributed by atoms with Gasteiger partial charge < -0.3 is 5.32 Å². The van der Waals surface area contributed by atoms with E-state index < -0.39 is 10.0 Å². The van der Waals surface area contributed by atoms with Crippen molar-refractivity contribution in [1.82, 2.24) is 14.5 Å². The largest absolute Gasteiger partial charge is 0.353 e. The predicted octanol–water partition coefficient (Wildman–Crippen LogP) is 3.37. The summed E-state index contributed by atoms with van der Waals surface area (Å²) in [6.45, 7) is 6.59. The second kappa shape index (κ2) is 10.2. The molecule has 0 aliphatic rings. The molecule has 0 atom stereocenters. The molecule has 0 saturated carbocycles. The molecule has 0 aliphatic carbocycles. The summed E-state index contributed by atoms with van der Waals surface area (Å²) < 4.78 is 27.2. The number of aromatic nitrogens is 2. The van der Waals surface area contributed by atoms with Gasteiger partial charge in [-0.25, -0.2) is 8.42 Å². The number of carbonyl (C=O) groups excluding carboxylic acids is 1. The highest BCUT2D eigenvalue weighted by molar-refractivity contribution is 8.01. The lowest BCUT2D eigenvalue weighted by atomic mass is 10.1. The van der Waals surface area contributed by atoms with E-state index in [2.05, 4.69) is 22.4 Å². The maximum absolute atomic E-state index is 12.5. The number of hydrogen-bond acceptors (Lipinski definition) is 8. The van der Waals surface area contributed by atoms with E-state index in [0.29, 0.717) is 23.8 Å². The maximum Gasteiger partial charge on any atom is 0.243 e. The molecule has 1 heterocycles. The lowest BCUT2D eigenvalue weighted by Gasteiger charge is -2.18. The van der Waals surface area contributed by atoms with E-state index in [-0.39, 0.29) is 17.2 Å². The molecule has 1 N–H and O–H groups in total. The van der Waals surface area contributed by atoms with E-state index >= 15 is 0 Å². The van der Waals surface area contributed by atoms with Crippen molar-refractivity contribution in [3.05, 3.63) is 29.8 Å². The monoisotopic (exact) mass is 428 g/mol. The summed E-state index contributed by atoms with van der Waals surface area (Å²) in [6.07, 6.45) is 1.06. The maximum atomic E-state index is 12.5. The lowest BCUT2D eigenvalue weighted by Crippen LogP contribution is -2.30. The Hall–Kier alpha value is -1.49. The molecule has 0 spiro atoms. The van der Waals surface area contributed by atoms with Gasteiger partial charge in [-0.1, -0.05) is 43.9 Å². The van der Waals surface area contributed by atoms with Crippen molar-refractivity contribution in [3.63, 3.8) is 0 Å². The van der Waals surface area contributed by atoms with Crippen molar-refractivity contribution in [1.29, 1.82) is 0 Å². The van der Waals surface area contributed by atoms with Gasteiger partial charge >= 0.3 is 0 Å². The highest BCUT2D eigenvalue weighted by atomic mass is 32.2. The third kappa shape index (κ3) is 5.74. The number of anilines is 1. The highest BCUT2D eigenvalue weighted by Gasteiger charge is 2.21. The summed E-state index contributed by atoms with van der Waals surface area (Å²) in [5, 5.41) is 11.7. The predicted molar refractivity (Wildman–Crippen MR) is 110 cm³/mol. The third-order valence-electron chi connectivity index (χ3n) is 3.76. The first-order chi connectivity index (χ1) is 12.9. The molecule has 0 aliphatic heterocycles. The van der Waals surface area contributed by atoms with E-state index in [1.165, 1.54) is 27.8 Å². The van der Waals surface area contributed by atoms with Gasteiger partial charge in [0, 0.05) is 24.4 Å². The summed E-state index contributed by atoms with van der Waals surface area (Å²) in [4.78, 5) is 12.5. The molecule has 1 aromatic carbocycles. The van der Waals surface area contributed by atoms with Crippen molar-refractivity contribution in [2.75, 3.05) is 30.7 Å². The van der Waals surface area contributed by atoms with Crippen LogP contribution in [0, 0.1) is 0 Å². The molecule has 7 nitrogen and oxygen atoms in total. The molecule has 0 unspecified atom stereocenters. The van der Waals surface area contributed by atoms with Gasteiger partial charge in [0.1, 0.15) is 0 Å². The highest BCUT2D eigenvalue weighted by Crippen LogP contribution is 2.25. The van der Waals surface area contributed by atoms with Gasteiger partial charge in [0.05, 0.1) is 11.4 Å². The number of carbonyl (C=O) groups is 1. The van der Waals surface area contributed by atoms with E-state index in [9.17, 15) is 13.2 Å². The minimum atomic E-state index is -3.52. The molecule has 1 aromatic heterocycles. The van der Waals surface area contributed by atoms with Crippen LogP contribution < -0.4 is 5.32 Å². The number of hydrogen-bond donors (Lipinski definition) is 1. The Morgan fingerprint density at radius 1 is 1.15 bits per heavy atom. The Balaban J connectivity index is 1.98. The molecular formula is C17H24N4O3S3. The minimum Gasteiger partial charge on any atom is -0.353 e. The second-order valence-electron chi connectivity index (χ2n) is 5.61. The number of nitrogens with one attached hydrogen (secondary N) is 1. The van der Waals surface area contributed by atoms with Crippen LogP contribution in [0.4, 0.5) is 5.13 Å². The molecular weight excluding hydrogens is 404 g/mol. The fourth-order valence-corrected chi connectivity index (χ4v) is 5.44. The van der Waals surface area contributed by atoms with Gasteiger partial charge in [-0.2, -0.15) is 4.31 Å². The van der Waals surface area contributed by atoms with Crippen molar-refractivity contribution < 1.29 is 13.2 Å². The van der Waals surface area contributed by atoms with E-state index in [1.54, 1.807) is 37.7 Å². The Kier molecular flexibility index (Phi) is 8.21. The van der Waals surface area contributed by atoms with E-state index in [1.807, 2.05) is 0 Å². The van der Waals surface area contributed by atoms with Gasteiger partial charge in [0.15, 0.2) is 10.1 Å². The molecule has 10 heteroatoms. The smallest absolute Gasteiger partial charge is 0.243 e. The van der Waals surface area contributed by atoms with Gasteiger partial charge in [-0.15, -0.1) is 10.2 Å². The van der Waals surface area contributed by atoms with Crippen LogP contribution in [-0.4, -0.2) is 54.1 Å². The van der Waals surface area contributed by atoms with Crippen LogP contribution in [0.15, 0.2) is 33.5 Å². The molecule has 0 bridgehead atoms. The fourth-order valence-electron chi connectivity index (χ4n) is 2.31. The summed E-state index contributed by atoms with van der Waals surface area (Å²) in [6, 6.07) is 6.04. The van der Waals surface area contributed by atoms with Crippen molar-refractivity contribution >= 4 is 44.0 Å². The van der Waals surface area contributed by atoms with Crippen LogP contribution in [0.2, 0.25) is 0 Å². The molecule has 2 aromatic rings. The third-order valence-corrected chi connectivity index (χ3v) is 8.04. The quantitative estimate of drug-likeness (QED) is 0.433. The molecule has 148 valence electrons. The van der Waals surface area contributed by atoms with Gasteiger partial charge in [-0.05, 0) is 30.7 Å². The van der Waals surface area contributed by atoms with Crippen LogP contribution in [0.3, 0.4) is 0 Å². The summed E-state index contributed by atoms with van der Waals surface area (Å²) in [5.41, 5.74) is 0.450. The van der Waals surface area contributed by atoms with Crippen LogP contribution in [0.1, 0.15) is 37.6 Å². The molecule has 2 rings (SSSR count). The van der Waals surface area contributed by atoms with Crippen LogP contribution in [0.25, 0.3) is 0 Å². The van der Waals surface area contributed by atoms with Crippen LogP contribution in [0.5, 0.6) is 0 Å². The molecule has 0 fully saturated rings. The van der Waals surface area contributed by atoms with Gasteiger partial charge in [0.2, 0.25) is 15.2 Å². The molecule has 0 saturated heterocycles. The summed E-state index contributed by atoms with van der Waals surface area (Å²) in [7, 11) is -3.52. The number of nitrogens with zero attached hydrogens (tertiary/aromatic N) is 3. The first kappa shape index (κ1) is 21.8. The standard InChI is InChI=1S/C17H24N4O3S3/c1-4-11-25-17-20-19-16(26-17)18-12-15(22)13-7-9-14(10-8-13)27(23,24)21(5-2)6-3/h7-10H,4-6,11-12H2,1-3H3,(H,18,19). The normalized spacial score (nSPS) is 11.7. The molecule has 0 radical (unpaired) electrons. The first-order valence-corrected chi connectivity index (χ1v) is 12.0. The average Bonchev–Trinajstić information content (AvgIpc) is 3.13. The van der Waals surface area contributed by atoms with Gasteiger partial charge in [0.25, 0.3) is 0 Å². The Morgan fingerprint density at radius 2 is 1.81 bits per heavy atom. The zero-order chi connectivity index (χ0) is 19.9. The van der Waals surface area contributed by atoms with Crippen molar-refractivity contribution in [3.8, 4) is 0 Å². The lowest BCUT2D eigenvalue weighted by molar-refractivity contribution is 0.101. The summed E-state index contributed by atoms with van der Waals surface area (Å²) >= 11 is 3.06. The summed E-state index contributed by atoms with van der Waals surface area (Å²) in [5.74, 6) is 0.843. The Morgan fingerprint density at radius 3 is 2.41 bits per heavy atom. The molecule has 0 amide bonds. The minimum absolute atomic E-state index is 0.0786. The number of rotatable bonds is 11.